The lowest BCUT2D eigenvalue weighted by atomic mass is 9.78. The van der Waals surface area contributed by atoms with Gasteiger partial charge >= 0.3 is 0 Å². The maximum Gasteiger partial charge on any atom is -0.00437 e. The summed E-state index contributed by atoms with van der Waals surface area (Å²) in [6.07, 6.45) is 6.93. The minimum atomic E-state index is 0.632. The van der Waals surface area contributed by atoms with E-state index in [0.717, 1.165) is 0 Å². The molecule has 0 amide bonds. The summed E-state index contributed by atoms with van der Waals surface area (Å²) >= 11 is 0. The molecule has 1 heterocycles. The topological polar surface area (TPSA) is 12.0 Å². The van der Waals surface area contributed by atoms with Crippen molar-refractivity contribution in [1.82, 2.24) is 5.32 Å². The van der Waals surface area contributed by atoms with Crippen LogP contribution in [0.25, 0.3) is 0 Å². The van der Waals surface area contributed by atoms with Gasteiger partial charge in [-0.25, -0.2) is 0 Å². The maximum absolute atomic E-state index is 3.48. The predicted molar refractivity (Wildman–Crippen MR) is 49.7 cm³/mol. The lowest BCUT2D eigenvalue weighted by Crippen LogP contribution is -2.27. The molecule has 1 aliphatic heterocycles. The van der Waals surface area contributed by atoms with Gasteiger partial charge in [-0.2, -0.15) is 0 Å². The van der Waals surface area contributed by atoms with E-state index in [1.807, 2.05) is 0 Å². The van der Waals surface area contributed by atoms with Crippen LogP contribution in [-0.2, 0) is 0 Å². The lowest BCUT2D eigenvalue weighted by molar-refractivity contribution is 0.236. The van der Waals surface area contributed by atoms with E-state index in [1.54, 1.807) is 0 Å². The Morgan fingerprint density at radius 3 is 2.73 bits per heavy atom. The van der Waals surface area contributed by atoms with E-state index in [-0.39, 0.29) is 0 Å². The molecule has 1 saturated heterocycles. The minimum absolute atomic E-state index is 0.632. The Kier molecular flexibility index (Phi) is 3.38. The van der Waals surface area contributed by atoms with E-state index in [9.17, 15) is 0 Å². The van der Waals surface area contributed by atoms with Crippen LogP contribution in [0.3, 0.4) is 0 Å². The third-order valence-electron chi connectivity index (χ3n) is 3.14. The van der Waals surface area contributed by atoms with Crippen molar-refractivity contribution in [2.45, 2.75) is 46.0 Å². The molecule has 0 aromatic rings. The lowest BCUT2D eigenvalue weighted by Gasteiger charge is -2.30. The third kappa shape index (κ3) is 2.82. The number of nitrogens with one attached hydrogen (secondary N) is 1. The van der Waals surface area contributed by atoms with Gasteiger partial charge in [0.25, 0.3) is 0 Å². The van der Waals surface area contributed by atoms with Gasteiger partial charge in [-0.1, -0.05) is 26.7 Å². The summed E-state index contributed by atoms with van der Waals surface area (Å²) in [5, 5.41) is 3.48. The first-order chi connectivity index (χ1) is 5.27. The first kappa shape index (κ1) is 9.05. The summed E-state index contributed by atoms with van der Waals surface area (Å²) in [6, 6.07) is 0. The van der Waals surface area contributed by atoms with Gasteiger partial charge in [0.05, 0.1) is 0 Å². The Morgan fingerprint density at radius 2 is 2.00 bits per heavy atom. The molecule has 0 spiro atoms. The number of hydrogen-bond donors (Lipinski definition) is 1. The third-order valence-corrected chi connectivity index (χ3v) is 3.14. The molecule has 0 aliphatic carbocycles. The average Bonchev–Trinajstić information content (AvgIpc) is 1.98. The fourth-order valence-corrected chi connectivity index (χ4v) is 1.80. The largest absolute Gasteiger partial charge is 0.317 e. The van der Waals surface area contributed by atoms with Crippen LogP contribution >= 0.6 is 0 Å². The second kappa shape index (κ2) is 4.10. The second-order valence-corrected chi connectivity index (χ2v) is 4.12. The van der Waals surface area contributed by atoms with Crippen molar-refractivity contribution >= 4 is 0 Å². The van der Waals surface area contributed by atoms with Crippen LogP contribution in [0.1, 0.15) is 46.0 Å². The first-order valence-corrected chi connectivity index (χ1v) is 4.97. The van der Waals surface area contributed by atoms with Gasteiger partial charge in [0.15, 0.2) is 0 Å². The molecule has 0 saturated carbocycles. The fourth-order valence-electron chi connectivity index (χ4n) is 1.80. The van der Waals surface area contributed by atoms with Crippen LogP contribution in [0.5, 0.6) is 0 Å². The highest BCUT2D eigenvalue weighted by molar-refractivity contribution is 4.75. The molecule has 1 fully saturated rings. The summed E-state index contributed by atoms with van der Waals surface area (Å²) in [6.45, 7) is 7.21. The maximum atomic E-state index is 3.48. The van der Waals surface area contributed by atoms with Crippen molar-refractivity contribution in [1.29, 1.82) is 0 Å². The highest BCUT2D eigenvalue weighted by atomic mass is 14.8. The van der Waals surface area contributed by atoms with Gasteiger partial charge < -0.3 is 5.32 Å². The normalized spacial score (nSPS) is 34.4. The van der Waals surface area contributed by atoms with E-state index in [1.165, 1.54) is 45.2 Å². The minimum Gasteiger partial charge on any atom is -0.317 e. The van der Waals surface area contributed by atoms with Crippen molar-refractivity contribution in [3.8, 4) is 0 Å². The van der Waals surface area contributed by atoms with E-state index in [4.69, 9.17) is 0 Å². The Hall–Kier alpha value is -0.0400. The molecular weight excluding hydrogens is 134 g/mol. The van der Waals surface area contributed by atoms with Crippen LogP contribution in [-0.4, -0.2) is 13.1 Å². The molecule has 1 rings (SSSR count). The molecule has 0 bridgehead atoms. The van der Waals surface area contributed by atoms with E-state index in [2.05, 4.69) is 19.2 Å². The molecule has 11 heavy (non-hydrogen) atoms. The molecule has 1 heteroatoms. The van der Waals surface area contributed by atoms with Gasteiger partial charge in [0, 0.05) is 0 Å². The number of rotatable bonds is 1. The highest BCUT2D eigenvalue weighted by Crippen LogP contribution is 2.32. The summed E-state index contributed by atoms with van der Waals surface area (Å²) in [4.78, 5) is 0. The SMILES string of the molecule is CCC1(C)CCCCNCC1. The molecule has 1 N–H and O–H groups in total. The highest BCUT2D eigenvalue weighted by Gasteiger charge is 2.21. The smallest absolute Gasteiger partial charge is 0.00437 e. The zero-order valence-electron chi connectivity index (χ0n) is 7.95. The second-order valence-electron chi connectivity index (χ2n) is 4.12. The Labute approximate surface area is 70.6 Å². The summed E-state index contributed by atoms with van der Waals surface area (Å²) < 4.78 is 0. The van der Waals surface area contributed by atoms with E-state index >= 15 is 0 Å². The number of hydrogen-bond acceptors (Lipinski definition) is 1. The molecule has 1 nitrogen and oxygen atoms in total. The zero-order chi connectivity index (χ0) is 8.16. The molecule has 0 radical (unpaired) electrons. The Morgan fingerprint density at radius 1 is 1.18 bits per heavy atom. The van der Waals surface area contributed by atoms with Gasteiger partial charge in [-0.3, -0.25) is 0 Å². The molecule has 0 aromatic carbocycles. The molecule has 1 atom stereocenters. The van der Waals surface area contributed by atoms with Crippen molar-refractivity contribution < 1.29 is 0 Å². The van der Waals surface area contributed by atoms with Crippen molar-refractivity contribution in [3.05, 3.63) is 0 Å². The summed E-state index contributed by atoms with van der Waals surface area (Å²) in [7, 11) is 0. The van der Waals surface area contributed by atoms with Gasteiger partial charge in [-0.15, -0.1) is 0 Å². The monoisotopic (exact) mass is 155 g/mol. The summed E-state index contributed by atoms with van der Waals surface area (Å²) in [5.41, 5.74) is 0.632. The molecule has 66 valence electrons. The predicted octanol–water partition coefficient (Wildman–Crippen LogP) is 2.57. The molecular formula is C10H21N. The summed E-state index contributed by atoms with van der Waals surface area (Å²) in [5.74, 6) is 0. The fraction of sp³-hybridized carbons (Fsp3) is 1.00. The van der Waals surface area contributed by atoms with Gasteiger partial charge in [-0.05, 0) is 37.8 Å². The van der Waals surface area contributed by atoms with Crippen LogP contribution in [0.4, 0.5) is 0 Å². The van der Waals surface area contributed by atoms with Crippen LogP contribution in [0.15, 0.2) is 0 Å². The Bertz CT molecular complexity index is 101. The molecule has 1 aliphatic rings. The molecule has 1 unspecified atom stereocenters. The first-order valence-electron chi connectivity index (χ1n) is 4.97. The van der Waals surface area contributed by atoms with Crippen molar-refractivity contribution in [2.24, 2.45) is 5.41 Å². The van der Waals surface area contributed by atoms with Crippen molar-refractivity contribution in [2.75, 3.05) is 13.1 Å². The van der Waals surface area contributed by atoms with E-state index < -0.39 is 0 Å². The van der Waals surface area contributed by atoms with E-state index in [0.29, 0.717) is 5.41 Å². The van der Waals surface area contributed by atoms with Crippen LogP contribution < -0.4 is 5.32 Å². The van der Waals surface area contributed by atoms with Crippen LogP contribution in [0, 0.1) is 5.41 Å². The zero-order valence-corrected chi connectivity index (χ0v) is 7.95. The van der Waals surface area contributed by atoms with Gasteiger partial charge in [0.2, 0.25) is 0 Å². The molecule has 0 aromatic heterocycles. The standard InChI is InChI=1S/C10H21N/c1-3-10(2)6-4-5-8-11-9-7-10/h11H,3-9H2,1-2H3. The quantitative estimate of drug-likeness (QED) is 0.613. The Balaban J connectivity index is 2.37. The van der Waals surface area contributed by atoms with Crippen molar-refractivity contribution in [3.63, 3.8) is 0 Å². The average molecular weight is 155 g/mol. The van der Waals surface area contributed by atoms with Crippen LogP contribution in [0.2, 0.25) is 0 Å². The van der Waals surface area contributed by atoms with Gasteiger partial charge in [0.1, 0.15) is 0 Å².